The van der Waals surface area contributed by atoms with Gasteiger partial charge in [0, 0.05) is 5.56 Å². The van der Waals surface area contributed by atoms with Gasteiger partial charge in [-0.1, -0.05) is 24.3 Å². The van der Waals surface area contributed by atoms with Crippen LogP contribution in [0.1, 0.15) is 11.3 Å². The summed E-state index contributed by atoms with van der Waals surface area (Å²) in [7, 11) is 0. The zero-order valence-corrected chi connectivity index (χ0v) is 9.23. The number of benzene rings is 1. The summed E-state index contributed by atoms with van der Waals surface area (Å²) in [4.78, 5) is 4.19. The Balaban J connectivity index is 2.50. The van der Waals surface area contributed by atoms with Crippen molar-refractivity contribution >= 4 is 6.01 Å². The number of rotatable bonds is 3. The number of nitrogens with two attached hydrogens (primary N) is 2. The predicted octanol–water partition coefficient (Wildman–Crippen LogP) is 1.73. The van der Waals surface area contributed by atoms with Gasteiger partial charge in [0.2, 0.25) is 0 Å². The van der Waals surface area contributed by atoms with Gasteiger partial charge in [0.15, 0.2) is 0 Å². The number of anilines is 1. The van der Waals surface area contributed by atoms with E-state index in [9.17, 15) is 0 Å². The van der Waals surface area contributed by atoms with Crippen molar-refractivity contribution in [2.75, 3.05) is 12.3 Å². The van der Waals surface area contributed by atoms with E-state index >= 15 is 0 Å². The van der Waals surface area contributed by atoms with E-state index in [1.807, 2.05) is 31.2 Å². The van der Waals surface area contributed by atoms with Crippen LogP contribution < -0.4 is 11.5 Å². The van der Waals surface area contributed by atoms with Gasteiger partial charge in [-0.3, -0.25) is 0 Å². The van der Waals surface area contributed by atoms with E-state index in [4.69, 9.17) is 15.9 Å². The average Bonchev–Trinajstić information content (AvgIpc) is 2.59. The van der Waals surface area contributed by atoms with Crippen molar-refractivity contribution in [3.05, 3.63) is 35.6 Å². The van der Waals surface area contributed by atoms with Crippen molar-refractivity contribution in [2.45, 2.75) is 13.3 Å². The maximum Gasteiger partial charge on any atom is 0.292 e. The second-order valence-electron chi connectivity index (χ2n) is 3.65. The van der Waals surface area contributed by atoms with Crippen molar-refractivity contribution in [1.82, 2.24) is 4.98 Å². The third-order valence-electron chi connectivity index (χ3n) is 2.50. The molecule has 2 rings (SSSR count). The molecule has 0 aliphatic rings. The molecule has 0 unspecified atom stereocenters. The lowest BCUT2D eigenvalue weighted by atomic mass is 10.0. The molecule has 0 aliphatic carbocycles. The monoisotopic (exact) mass is 217 g/mol. The lowest BCUT2D eigenvalue weighted by Crippen LogP contribution is -2.04. The number of nitrogens with zero attached hydrogens (tertiary/aromatic N) is 1. The first-order chi connectivity index (χ1) is 7.72. The van der Waals surface area contributed by atoms with Crippen molar-refractivity contribution in [3.8, 4) is 11.3 Å². The standard InChI is InChI=1S/C12H15N3O/c1-8-11(15-12(14)16-8)10-5-3-2-4-9(10)6-7-13/h2-5H,6-7,13H2,1H3,(H2,14,15). The molecule has 0 saturated heterocycles. The molecule has 84 valence electrons. The highest BCUT2D eigenvalue weighted by molar-refractivity contribution is 5.66. The van der Waals surface area contributed by atoms with Crippen LogP contribution in [0, 0.1) is 6.92 Å². The number of hydrogen-bond donors (Lipinski definition) is 2. The van der Waals surface area contributed by atoms with Crippen LogP contribution in [0.3, 0.4) is 0 Å². The Morgan fingerprint density at radius 3 is 2.69 bits per heavy atom. The minimum Gasteiger partial charge on any atom is -0.429 e. The summed E-state index contributed by atoms with van der Waals surface area (Å²) in [6, 6.07) is 8.23. The van der Waals surface area contributed by atoms with Crippen LogP contribution in [-0.4, -0.2) is 11.5 Å². The second kappa shape index (κ2) is 4.37. The Hall–Kier alpha value is -1.81. The number of hydrogen-bond acceptors (Lipinski definition) is 4. The Morgan fingerprint density at radius 1 is 1.31 bits per heavy atom. The molecule has 16 heavy (non-hydrogen) atoms. The Labute approximate surface area is 94.3 Å². The fraction of sp³-hybridized carbons (Fsp3) is 0.250. The number of aryl methyl sites for hydroxylation is 1. The molecule has 0 atom stereocenters. The minimum absolute atomic E-state index is 0.204. The molecule has 0 aliphatic heterocycles. The van der Waals surface area contributed by atoms with Gasteiger partial charge < -0.3 is 15.9 Å². The maximum atomic E-state index is 5.58. The van der Waals surface area contributed by atoms with Crippen LogP contribution in [0.2, 0.25) is 0 Å². The van der Waals surface area contributed by atoms with Crippen LogP contribution in [0.15, 0.2) is 28.7 Å². The van der Waals surface area contributed by atoms with E-state index < -0.39 is 0 Å². The fourth-order valence-corrected chi connectivity index (χ4v) is 1.79. The summed E-state index contributed by atoms with van der Waals surface area (Å²) in [5.41, 5.74) is 14.1. The highest BCUT2D eigenvalue weighted by Gasteiger charge is 2.12. The van der Waals surface area contributed by atoms with E-state index in [1.54, 1.807) is 0 Å². The van der Waals surface area contributed by atoms with Crippen molar-refractivity contribution in [3.63, 3.8) is 0 Å². The maximum absolute atomic E-state index is 5.58. The van der Waals surface area contributed by atoms with E-state index in [-0.39, 0.29) is 6.01 Å². The molecule has 1 heterocycles. The molecule has 4 nitrogen and oxygen atoms in total. The highest BCUT2D eigenvalue weighted by atomic mass is 16.4. The SMILES string of the molecule is Cc1oc(N)nc1-c1ccccc1CCN. The molecule has 0 bridgehead atoms. The number of nitrogen functional groups attached to an aromatic ring is 1. The lowest BCUT2D eigenvalue weighted by Gasteiger charge is -2.05. The number of aromatic nitrogens is 1. The normalized spacial score (nSPS) is 10.6. The van der Waals surface area contributed by atoms with Crippen LogP contribution >= 0.6 is 0 Å². The molecule has 2 aromatic rings. The molecule has 1 aromatic heterocycles. The summed E-state index contributed by atoms with van der Waals surface area (Å²) in [5.74, 6) is 0.738. The van der Waals surface area contributed by atoms with E-state index in [1.165, 1.54) is 5.56 Å². The van der Waals surface area contributed by atoms with Gasteiger partial charge in [-0.05, 0) is 25.5 Å². The van der Waals surface area contributed by atoms with Crippen LogP contribution in [-0.2, 0) is 6.42 Å². The largest absolute Gasteiger partial charge is 0.429 e. The highest BCUT2D eigenvalue weighted by Crippen LogP contribution is 2.27. The topological polar surface area (TPSA) is 78.1 Å². The van der Waals surface area contributed by atoms with Crippen molar-refractivity contribution in [1.29, 1.82) is 0 Å². The fourth-order valence-electron chi connectivity index (χ4n) is 1.79. The molecule has 1 aromatic carbocycles. The Kier molecular flexibility index (Phi) is 2.92. The van der Waals surface area contributed by atoms with Crippen LogP contribution in [0.4, 0.5) is 6.01 Å². The molecular formula is C12H15N3O. The summed E-state index contributed by atoms with van der Waals surface area (Å²) in [6.07, 6.45) is 0.822. The molecule has 0 radical (unpaired) electrons. The van der Waals surface area contributed by atoms with Gasteiger partial charge in [0.05, 0.1) is 0 Å². The molecule has 0 fully saturated rings. The molecule has 4 heteroatoms. The van der Waals surface area contributed by atoms with Crippen molar-refractivity contribution in [2.24, 2.45) is 5.73 Å². The quantitative estimate of drug-likeness (QED) is 0.820. The molecular weight excluding hydrogens is 202 g/mol. The van der Waals surface area contributed by atoms with Gasteiger partial charge in [0.25, 0.3) is 6.01 Å². The third kappa shape index (κ3) is 1.92. The minimum atomic E-state index is 0.204. The average molecular weight is 217 g/mol. The van der Waals surface area contributed by atoms with Gasteiger partial charge in [-0.2, -0.15) is 4.98 Å². The van der Waals surface area contributed by atoms with Gasteiger partial charge in [0.1, 0.15) is 11.5 Å². The Morgan fingerprint density at radius 2 is 2.06 bits per heavy atom. The Bertz CT molecular complexity index is 491. The summed E-state index contributed by atoms with van der Waals surface area (Å²) in [6.45, 7) is 2.47. The van der Waals surface area contributed by atoms with Crippen LogP contribution in [0.5, 0.6) is 0 Å². The first-order valence-electron chi connectivity index (χ1n) is 5.23. The molecule has 0 spiro atoms. The van der Waals surface area contributed by atoms with Crippen LogP contribution in [0.25, 0.3) is 11.3 Å². The van der Waals surface area contributed by atoms with Gasteiger partial charge in [-0.15, -0.1) is 0 Å². The zero-order chi connectivity index (χ0) is 11.5. The summed E-state index contributed by atoms with van der Waals surface area (Å²) in [5, 5.41) is 0. The smallest absolute Gasteiger partial charge is 0.292 e. The first-order valence-corrected chi connectivity index (χ1v) is 5.23. The van der Waals surface area contributed by atoms with Crippen molar-refractivity contribution < 1.29 is 4.42 Å². The first kappa shape index (κ1) is 10.7. The molecule has 0 saturated carbocycles. The van der Waals surface area contributed by atoms with E-state index in [2.05, 4.69) is 4.98 Å². The third-order valence-corrected chi connectivity index (χ3v) is 2.50. The lowest BCUT2D eigenvalue weighted by molar-refractivity contribution is 0.548. The summed E-state index contributed by atoms with van der Waals surface area (Å²) >= 11 is 0. The second-order valence-corrected chi connectivity index (χ2v) is 3.65. The van der Waals surface area contributed by atoms with E-state index in [0.29, 0.717) is 6.54 Å². The zero-order valence-electron chi connectivity index (χ0n) is 9.23. The molecule has 0 amide bonds. The predicted molar refractivity (Wildman–Crippen MR) is 63.8 cm³/mol. The molecule has 4 N–H and O–H groups in total. The summed E-state index contributed by atoms with van der Waals surface area (Å²) < 4.78 is 5.24. The van der Waals surface area contributed by atoms with Gasteiger partial charge >= 0.3 is 0 Å². The van der Waals surface area contributed by atoms with E-state index in [0.717, 1.165) is 23.4 Å². The van der Waals surface area contributed by atoms with Gasteiger partial charge in [-0.25, -0.2) is 0 Å². The number of oxazole rings is 1.